The minimum Gasteiger partial charge on any atom is -0.509 e. The number of allylic oxidation sites excluding steroid dienone is 1. The van der Waals surface area contributed by atoms with Crippen molar-refractivity contribution in [2.45, 2.75) is 38.3 Å². The monoisotopic (exact) mass is 453 g/mol. The maximum Gasteiger partial charge on any atom is 0.257 e. The van der Waals surface area contributed by atoms with Gasteiger partial charge in [-0.05, 0) is 54.7 Å². The van der Waals surface area contributed by atoms with Gasteiger partial charge in [-0.15, -0.1) is 0 Å². The van der Waals surface area contributed by atoms with Crippen LogP contribution >= 0.6 is 0 Å². The zero-order valence-electron chi connectivity index (χ0n) is 18.9. The molecule has 7 nitrogen and oxygen atoms in total. The molecule has 2 amide bonds. The predicted molar refractivity (Wildman–Crippen MR) is 122 cm³/mol. The zero-order valence-corrected chi connectivity index (χ0v) is 18.9. The van der Waals surface area contributed by atoms with E-state index in [9.17, 15) is 24.2 Å². The Kier molecular flexibility index (Phi) is 5.97. The van der Waals surface area contributed by atoms with E-state index in [1.807, 2.05) is 6.08 Å². The van der Waals surface area contributed by atoms with Crippen molar-refractivity contribution < 1.29 is 24.2 Å². The highest BCUT2D eigenvalue weighted by atomic mass is 19.1. The van der Waals surface area contributed by atoms with Crippen LogP contribution in [-0.4, -0.2) is 64.9 Å². The van der Waals surface area contributed by atoms with Crippen LogP contribution in [0, 0.1) is 11.7 Å². The van der Waals surface area contributed by atoms with Crippen LogP contribution in [0.5, 0.6) is 0 Å². The number of carbonyl (C=O) groups is 2. The molecule has 8 heteroatoms. The third-order valence-electron chi connectivity index (χ3n) is 6.26. The van der Waals surface area contributed by atoms with E-state index < -0.39 is 11.6 Å². The van der Waals surface area contributed by atoms with Crippen molar-refractivity contribution in [3.05, 3.63) is 69.8 Å². The molecule has 33 heavy (non-hydrogen) atoms. The van der Waals surface area contributed by atoms with E-state index in [1.165, 1.54) is 17.0 Å². The van der Waals surface area contributed by atoms with E-state index in [0.717, 1.165) is 16.7 Å². The lowest BCUT2D eigenvalue weighted by atomic mass is 9.75. The lowest BCUT2D eigenvalue weighted by molar-refractivity contribution is -0.124. The second-order valence-electron chi connectivity index (χ2n) is 9.49. The van der Waals surface area contributed by atoms with Crippen LogP contribution in [-0.2, 0) is 16.0 Å². The highest BCUT2D eigenvalue weighted by Crippen LogP contribution is 2.43. The number of aliphatic imine (C=N–C) groups is 1. The smallest absolute Gasteiger partial charge is 0.257 e. The van der Waals surface area contributed by atoms with Crippen LogP contribution in [0.15, 0.2) is 63.4 Å². The summed E-state index contributed by atoms with van der Waals surface area (Å²) in [6.07, 6.45) is 4.19. The molecule has 1 aliphatic carbocycles. The normalized spacial score (nSPS) is 22.4. The van der Waals surface area contributed by atoms with Gasteiger partial charge in [0.1, 0.15) is 17.6 Å². The molecule has 0 saturated carbocycles. The summed E-state index contributed by atoms with van der Waals surface area (Å²) in [5, 5.41) is 23.3. The molecular weight excluding hydrogens is 425 g/mol. The Bertz CT molecular complexity index is 1110. The summed E-state index contributed by atoms with van der Waals surface area (Å²) in [4.78, 5) is 31.6. The van der Waals surface area contributed by atoms with Crippen LogP contribution in [0.3, 0.4) is 0 Å². The number of likely N-dealkylation sites (tertiary alicyclic amines) is 1. The number of hydrogen-bond acceptors (Lipinski definition) is 5. The molecule has 4 rings (SSSR count). The van der Waals surface area contributed by atoms with Crippen molar-refractivity contribution in [1.82, 2.24) is 10.2 Å². The van der Waals surface area contributed by atoms with Crippen LogP contribution in [0.4, 0.5) is 4.39 Å². The first-order valence-corrected chi connectivity index (χ1v) is 10.9. The Labute approximate surface area is 192 Å². The molecule has 1 saturated heterocycles. The van der Waals surface area contributed by atoms with Gasteiger partial charge >= 0.3 is 0 Å². The number of carbonyl (C=O) groups excluding carboxylic acids is 2. The van der Waals surface area contributed by atoms with Gasteiger partial charge in [0.15, 0.2) is 0 Å². The highest BCUT2D eigenvalue weighted by Gasteiger charge is 2.44. The maximum absolute atomic E-state index is 13.3. The van der Waals surface area contributed by atoms with Crippen LogP contribution < -0.4 is 5.32 Å². The Balaban J connectivity index is 1.70. The predicted octanol–water partition coefficient (Wildman–Crippen LogP) is 2.24. The number of likely N-dealkylation sites (N-methyl/N-ethyl adjacent to an activating group) is 1. The molecule has 0 aromatic heterocycles. The molecular formula is C25H28FN3O4. The lowest BCUT2D eigenvalue weighted by Crippen LogP contribution is -2.46. The summed E-state index contributed by atoms with van der Waals surface area (Å²) >= 11 is 0. The van der Waals surface area contributed by atoms with Gasteiger partial charge in [-0.25, -0.2) is 4.39 Å². The Morgan fingerprint density at radius 3 is 2.67 bits per heavy atom. The van der Waals surface area contributed by atoms with Crippen molar-refractivity contribution in [3.8, 4) is 0 Å². The fourth-order valence-electron chi connectivity index (χ4n) is 4.55. The van der Waals surface area contributed by atoms with Gasteiger partial charge in [-0.1, -0.05) is 18.2 Å². The minimum absolute atomic E-state index is 0.0215. The number of aliphatic hydroxyl groups excluding tert-OH is 2. The standard InChI is InChI=1S/C25H28FN3O4/c1-25(2,13-30)28-20(31)10-17-18-9-15(8-14-4-6-16(26)7-5-14)11-27-22(18)23(32)21-19(17)12-29(3)24(21)33/h4-7,9,11,18,22,30,32H,8,10,12-13H2,1-3H3,(H,28,31). The zero-order chi connectivity index (χ0) is 23.9. The van der Waals surface area contributed by atoms with Gasteiger partial charge in [-0.3, -0.25) is 14.6 Å². The summed E-state index contributed by atoms with van der Waals surface area (Å²) in [5.74, 6) is -1.32. The number of aliphatic hydroxyl groups is 2. The summed E-state index contributed by atoms with van der Waals surface area (Å²) in [6, 6.07) is 5.55. The molecule has 2 unspecified atom stereocenters. The summed E-state index contributed by atoms with van der Waals surface area (Å²) in [5.41, 5.74) is 2.64. The number of benzene rings is 1. The molecule has 3 N–H and O–H groups in total. The molecule has 0 spiro atoms. The maximum atomic E-state index is 13.3. The summed E-state index contributed by atoms with van der Waals surface area (Å²) < 4.78 is 13.3. The van der Waals surface area contributed by atoms with Crippen molar-refractivity contribution in [2.24, 2.45) is 10.9 Å². The lowest BCUT2D eigenvalue weighted by Gasteiger charge is -2.33. The molecule has 1 aromatic rings. The second-order valence-corrected chi connectivity index (χ2v) is 9.49. The number of nitrogens with one attached hydrogen (secondary N) is 1. The number of halogens is 1. The fourth-order valence-corrected chi connectivity index (χ4v) is 4.55. The average Bonchev–Trinajstić information content (AvgIpc) is 3.07. The van der Waals surface area contributed by atoms with Gasteiger partial charge in [0.25, 0.3) is 5.91 Å². The Morgan fingerprint density at radius 1 is 1.30 bits per heavy atom. The van der Waals surface area contributed by atoms with Crippen molar-refractivity contribution in [2.75, 3.05) is 20.2 Å². The van der Waals surface area contributed by atoms with E-state index in [2.05, 4.69) is 10.3 Å². The summed E-state index contributed by atoms with van der Waals surface area (Å²) in [7, 11) is 1.66. The molecule has 0 radical (unpaired) electrons. The van der Waals surface area contributed by atoms with Crippen LogP contribution in [0.2, 0.25) is 0 Å². The van der Waals surface area contributed by atoms with Gasteiger partial charge in [0, 0.05) is 32.1 Å². The quantitative estimate of drug-likeness (QED) is 0.615. The average molecular weight is 454 g/mol. The highest BCUT2D eigenvalue weighted by molar-refractivity contribution is 6.03. The summed E-state index contributed by atoms with van der Waals surface area (Å²) in [6.45, 7) is 3.54. The van der Waals surface area contributed by atoms with Gasteiger partial charge in [0.2, 0.25) is 5.91 Å². The first-order chi connectivity index (χ1) is 15.6. The second kappa shape index (κ2) is 8.59. The number of rotatable bonds is 6. The number of fused-ring (bicyclic) bond motifs is 2. The van der Waals surface area contributed by atoms with Gasteiger partial charge < -0.3 is 20.4 Å². The van der Waals surface area contributed by atoms with Crippen LogP contribution in [0.1, 0.15) is 25.8 Å². The molecule has 3 aliphatic rings. The minimum atomic E-state index is -0.784. The SMILES string of the molecule is CN1CC2=C(CC(=O)NC(C)(C)CO)C3C=C(Cc4ccc(F)cc4)C=NC3C(O)=C2C1=O. The van der Waals surface area contributed by atoms with E-state index in [-0.39, 0.29) is 47.9 Å². The molecule has 174 valence electrons. The number of hydrogen-bond donors (Lipinski definition) is 3. The number of nitrogens with zero attached hydrogens (tertiary/aromatic N) is 2. The van der Waals surface area contributed by atoms with E-state index in [1.54, 1.807) is 39.2 Å². The molecule has 1 aromatic carbocycles. The first-order valence-electron chi connectivity index (χ1n) is 10.9. The van der Waals surface area contributed by atoms with E-state index >= 15 is 0 Å². The molecule has 2 aliphatic heterocycles. The van der Waals surface area contributed by atoms with Crippen molar-refractivity contribution in [1.29, 1.82) is 0 Å². The fraction of sp³-hybridized carbons (Fsp3) is 0.400. The first kappa shape index (κ1) is 22.9. The number of amides is 2. The molecule has 0 bridgehead atoms. The topological polar surface area (TPSA) is 102 Å². The van der Waals surface area contributed by atoms with Crippen molar-refractivity contribution >= 4 is 18.0 Å². The molecule has 2 heterocycles. The molecule has 2 atom stereocenters. The third kappa shape index (κ3) is 4.48. The third-order valence-corrected chi connectivity index (χ3v) is 6.26. The van der Waals surface area contributed by atoms with Gasteiger partial charge in [-0.2, -0.15) is 0 Å². The Hall–Kier alpha value is -3.26. The molecule has 1 fully saturated rings. The van der Waals surface area contributed by atoms with E-state index in [0.29, 0.717) is 18.5 Å². The van der Waals surface area contributed by atoms with Crippen LogP contribution in [0.25, 0.3) is 0 Å². The Morgan fingerprint density at radius 2 is 2.00 bits per heavy atom. The largest absolute Gasteiger partial charge is 0.509 e. The number of dihydropyridines is 1. The van der Waals surface area contributed by atoms with Crippen molar-refractivity contribution in [3.63, 3.8) is 0 Å². The van der Waals surface area contributed by atoms with Gasteiger partial charge in [0.05, 0.1) is 17.7 Å². The van der Waals surface area contributed by atoms with E-state index in [4.69, 9.17) is 0 Å².